The molecule has 1 aromatic heterocycles. The first kappa shape index (κ1) is 13.4. The van der Waals surface area contributed by atoms with Gasteiger partial charge in [0, 0.05) is 36.4 Å². The molecule has 0 amide bonds. The van der Waals surface area contributed by atoms with Gasteiger partial charge in [0.25, 0.3) is 0 Å². The van der Waals surface area contributed by atoms with Gasteiger partial charge in [-0.25, -0.2) is 4.98 Å². The van der Waals surface area contributed by atoms with E-state index in [9.17, 15) is 0 Å². The van der Waals surface area contributed by atoms with Crippen molar-refractivity contribution in [2.45, 2.75) is 13.3 Å². The molecule has 2 rings (SSSR count). The summed E-state index contributed by atoms with van der Waals surface area (Å²) < 4.78 is 2.02. The Bertz CT molecular complexity index is 679. The average Bonchev–Trinajstić information content (AvgIpc) is 2.97. The first-order valence-electron chi connectivity index (χ1n) is 6.18. The van der Waals surface area contributed by atoms with Gasteiger partial charge in [0.2, 0.25) is 0 Å². The molecule has 5 nitrogen and oxygen atoms in total. The number of imidazole rings is 1. The highest BCUT2D eigenvalue weighted by molar-refractivity contribution is 5.52. The molecule has 0 aliphatic rings. The molecule has 20 heavy (non-hydrogen) atoms. The maximum Gasteiger partial charge on any atom is 0.145 e. The zero-order chi connectivity index (χ0) is 14.4. The zero-order valence-electron chi connectivity index (χ0n) is 11.0. The van der Waals surface area contributed by atoms with E-state index in [0.717, 1.165) is 23.6 Å². The summed E-state index contributed by atoms with van der Waals surface area (Å²) in [4.78, 5) is 4.28. The van der Waals surface area contributed by atoms with Gasteiger partial charge < -0.3 is 9.88 Å². The standard InChI is InChI=1S/C15H13N5/c1-2-15-18-7-8-20(15)14-5-3-13(4-6-14)19-11-12(9-16)10-17/h3-8,11,19H,2H2,1H3. The fourth-order valence-electron chi connectivity index (χ4n) is 1.79. The number of nitriles is 2. The molecular weight excluding hydrogens is 250 g/mol. The van der Waals surface area contributed by atoms with Gasteiger partial charge >= 0.3 is 0 Å². The van der Waals surface area contributed by atoms with Gasteiger partial charge in [0.1, 0.15) is 23.5 Å². The molecule has 0 saturated heterocycles. The maximum absolute atomic E-state index is 8.64. The van der Waals surface area contributed by atoms with E-state index in [0.29, 0.717) is 0 Å². The van der Waals surface area contributed by atoms with Crippen LogP contribution in [0.1, 0.15) is 12.7 Å². The van der Waals surface area contributed by atoms with E-state index in [1.807, 2.05) is 35.0 Å². The molecular formula is C15H13N5. The van der Waals surface area contributed by atoms with E-state index < -0.39 is 0 Å². The number of allylic oxidation sites excluding steroid dienone is 1. The van der Waals surface area contributed by atoms with Crippen molar-refractivity contribution in [2.75, 3.05) is 5.32 Å². The van der Waals surface area contributed by atoms with Crippen LogP contribution < -0.4 is 5.32 Å². The van der Waals surface area contributed by atoms with Crippen LogP contribution in [0.4, 0.5) is 5.69 Å². The quantitative estimate of drug-likeness (QED) is 0.860. The van der Waals surface area contributed by atoms with Gasteiger partial charge in [-0.3, -0.25) is 0 Å². The number of rotatable bonds is 4. The highest BCUT2D eigenvalue weighted by Crippen LogP contribution is 2.15. The molecule has 0 unspecified atom stereocenters. The molecule has 1 aromatic carbocycles. The number of nitrogens with one attached hydrogen (secondary N) is 1. The Morgan fingerprint density at radius 1 is 1.30 bits per heavy atom. The van der Waals surface area contributed by atoms with E-state index in [1.54, 1.807) is 18.3 Å². The Labute approximate surface area is 117 Å². The van der Waals surface area contributed by atoms with Crippen LogP contribution in [0, 0.1) is 22.7 Å². The lowest BCUT2D eigenvalue weighted by atomic mass is 10.2. The third kappa shape index (κ3) is 2.85. The van der Waals surface area contributed by atoms with Crippen molar-refractivity contribution in [2.24, 2.45) is 0 Å². The lowest BCUT2D eigenvalue weighted by molar-refractivity contribution is 0.891. The average molecular weight is 263 g/mol. The first-order chi connectivity index (χ1) is 9.78. The van der Waals surface area contributed by atoms with Gasteiger partial charge in [0.15, 0.2) is 0 Å². The Morgan fingerprint density at radius 3 is 2.60 bits per heavy atom. The van der Waals surface area contributed by atoms with Crippen molar-refractivity contribution in [1.82, 2.24) is 9.55 Å². The van der Waals surface area contributed by atoms with Crippen LogP contribution in [0.2, 0.25) is 0 Å². The van der Waals surface area contributed by atoms with Crippen molar-refractivity contribution in [1.29, 1.82) is 10.5 Å². The van der Waals surface area contributed by atoms with Crippen LogP contribution in [-0.2, 0) is 6.42 Å². The van der Waals surface area contributed by atoms with Gasteiger partial charge in [0.05, 0.1) is 0 Å². The Hall–Kier alpha value is -3.05. The van der Waals surface area contributed by atoms with Crippen molar-refractivity contribution >= 4 is 5.69 Å². The minimum atomic E-state index is 0.0388. The zero-order valence-corrected chi connectivity index (χ0v) is 11.0. The van der Waals surface area contributed by atoms with Crippen LogP contribution in [0.15, 0.2) is 48.4 Å². The van der Waals surface area contributed by atoms with E-state index in [4.69, 9.17) is 10.5 Å². The molecule has 0 bridgehead atoms. The smallest absolute Gasteiger partial charge is 0.145 e. The number of hydrogen-bond acceptors (Lipinski definition) is 4. The van der Waals surface area contributed by atoms with Crippen molar-refractivity contribution in [3.8, 4) is 17.8 Å². The van der Waals surface area contributed by atoms with Crippen molar-refractivity contribution < 1.29 is 0 Å². The topological polar surface area (TPSA) is 77.4 Å². The summed E-state index contributed by atoms with van der Waals surface area (Å²) in [6.45, 7) is 2.06. The first-order valence-corrected chi connectivity index (χ1v) is 6.18. The van der Waals surface area contributed by atoms with Gasteiger partial charge in [-0.2, -0.15) is 10.5 Å². The Balaban J connectivity index is 2.18. The van der Waals surface area contributed by atoms with Crippen LogP contribution in [0.3, 0.4) is 0 Å². The number of anilines is 1. The van der Waals surface area contributed by atoms with Crippen LogP contribution in [-0.4, -0.2) is 9.55 Å². The Morgan fingerprint density at radius 2 is 2.00 bits per heavy atom. The number of aryl methyl sites for hydroxylation is 1. The highest BCUT2D eigenvalue weighted by atomic mass is 15.1. The monoisotopic (exact) mass is 263 g/mol. The molecule has 0 spiro atoms. The highest BCUT2D eigenvalue weighted by Gasteiger charge is 2.02. The predicted molar refractivity (Wildman–Crippen MR) is 75.9 cm³/mol. The second kappa shape index (κ2) is 6.21. The van der Waals surface area contributed by atoms with Crippen LogP contribution in [0.5, 0.6) is 0 Å². The summed E-state index contributed by atoms with van der Waals surface area (Å²) in [7, 11) is 0. The lowest BCUT2D eigenvalue weighted by Crippen LogP contribution is -1.99. The molecule has 98 valence electrons. The summed E-state index contributed by atoms with van der Waals surface area (Å²) in [5.74, 6) is 1.00. The summed E-state index contributed by atoms with van der Waals surface area (Å²) in [5.41, 5.74) is 1.88. The second-order valence-corrected chi connectivity index (χ2v) is 4.04. The van der Waals surface area contributed by atoms with Crippen LogP contribution in [0.25, 0.3) is 5.69 Å². The molecule has 1 N–H and O–H groups in total. The third-order valence-electron chi connectivity index (χ3n) is 2.80. The van der Waals surface area contributed by atoms with Crippen molar-refractivity contribution in [3.63, 3.8) is 0 Å². The maximum atomic E-state index is 8.64. The van der Waals surface area contributed by atoms with Gasteiger partial charge in [-0.15, -0.1) is 0 Å². The SMILES string of the molecule is CCc1nccn1-c1ccc(NC=C(C#N)C#N)cc1. The van der Waals surface area contributed by atoms with Crippen LogP contribution >= 0.6 is 0 Å². The molecule has 0 atom stereocenters. The minimum Gasteiger partial charge on any atom is -0.360 e. The van der Waals surface area contributed by atoms with E-state index in [-0.39, 0.29) is 5.57 Å². The summed E-state index contributed by atoms with van der Waals surface area (Å²) in [6.07, 6.45) is 5.96. The van der Waals surface area contributed by atoms with E-state index in [2.05, 4.69) is 17.2 Å². The summed E-state index contributed by atoms with van der Waals surface area (Å²) >= 11 is 0. The minimum absolute atomic E-state index is 0.0388. The second-order valence-electron chi connectivity index (χ2n) is 4.04. The fraction of sp³-hybridized carbons (Fsp3) is 0.133. The molecule has 2 aromatic rings. The molecule has 0 radical (unpaired) electrons. The summed E-state index contributed by atoms with van der Waals surface area (Å²) in [5, 5.41) is 20.2. The lowest BCUT2D eigenvalue weighted by Gasteiger charge is -2.07. The van der Waals surface area contributed by atoms with Gasteiger partial charge in [-0.05, 0) is 24.3 Å². The number of hydrogen-bond donors (Lipinski definition) is 1. The fourth-order valence-corrected chi connectivity index (χ4v) is 1.79. The van der Waals surface area contributed by atoms with Crippen molar-refractivity contribution in [3.05, 3.63) is 54.3 Å². The summed E-state index contributed by atoms with van der Waals surface area (Å²) in [6, 6.07) is 11.3. The molecule has 1 heterocycles. The van der Waals surface area contributed by atoms with Gasteiger partial charge in [-0.1, -0.05) is 6.92 Å². The Kier molecular flexibility index (Phi) is 4.16. The molecule has 0 saturated carbocycles. The van der Waals surface area contributed by atoms with E-state index >= 15 is 0 Å². The van der Waals surface area contributed by atoms with E-state index in [1.165, 1.54) is 6.20 Å². The molecule has 0 aliphatic heterocycles. The number of nitrogens with zero attached hydrogens (tertiary/aromatic N) is 4. The molecule has 5 heteroatoms. The third-order valence-corrected chi connectivity index (χ3v) is 2.80. The predicted octanol–water partition coefficient (Wildman–Crippen LogP) is 2.78. The molecule has 0 aliphatic carbocycles. The normalized spacial score (nSPS) is 9.35. The number of aromatic nitrogens is 2. The largest absolute Gasteiger partial charge is 0.360 e. The molecule has 0 fully saturated rings. The number of benzene rings is 1.